The van der Waals surface area contributed by atoms with E-state index >= 15 is 0 Å². The predicted molar refractivity (Wildman–Crippen MR) is 146 cm³/mol. The van der Waals surface area contributed by atoms with Gasteiger partial charge in [-0.1, -0.05) is 0 Å². The number of aryl methyl sites for hydroxylation is 1. The maximum atomic E-state index is 13.8. The number of carbonyl (C=O) groups is 1. The Bertz CT molecular complexity index is 1480. The lowest BCUT2D eigenvalue weighted by Crippen LogP contribution is -2.46. The van der Waals surface area contributed by atoms with Gasteiger partial charge in [-0.15, -0.1) is 0 Å². The highest BCUT2D eigenvalue weighted by Crippen LogP contribution is 2.29. The van der Waals surface area contributed by atoms with Gasteiger partial charge in [-0.3, -0.25) is 18.6 Å². The molecule has 0 radical (unpaired) electrons. The molecule has 2 saturated heterocycles. The zero-order chi connectivity index (χ0) is 25.5. The average Bonchev–Trinajstić information content (AvgIpc) is 3.48. The number of anilines is 2. The van der Waals surface area contributed by atoms with Crippen molar-refractivity contribution in [1.82, 2.24) is 24.2 Å². The number of Topliss-reactive ketones (excluding diaryl/α,β-unsaturated/α-hetero) is 1. The van der Waals surface area contributed by atoms with E-state index in [1.54, 1.807) is 22.4 Å². The summed E-state index contributed by atoms with van der Waals surface area (Å²) in [5, 5.41) is 7.73. The largest absolute Gasteiger partial charge is 0.368 e. The van der Waals surface area contributed by atoms with Crippen LogP contribution in [0.4, 0.5) is 11.4 Å². The Labute approximate surface area is 215 Å². The Balaban J connectivity index is 1.31. The Kier molecular flexibility index (Phi) is 6.08. The van der Waals surface area contributed by atoms with E-state index in [1.165, 1.54) is 0 Å². The summed E-state index contributed by atoms with van der Waals surface area (Å²) in [5.41, 5.74) is 5.74. The quantitative estimate of drug-likeness (QED) is 0.426. The van der Waals surface area contributed by atoms with E-state index in [2.05, 4.69) is 38.4 Å². The van der Waals surface area contributed by atoms with Crippen molar-refractivity contribution in [2.45, 2.75) is 25.8 Å². The molecule has 2 fully saturated rings. The Hall–Kier alpha value is -3.85. The predicted octanol–water partition coefficient (Wildman–Crippen LogP) is 2.98. The summed E-state index contributed by atoms with van der Waals surface area (Å²) in [7, 11) is 1.87. The first-order valence-electron chi connectivity index (χ1n) is 13.1. The van der Waals surface area contributed by atoms with Gasteiger partial charge in [-0.05, 0) is 75.3 Å². The highest BCUT2D eigenvalue weighted by atomic mass is 16.2. The maximum Gasteiger partial charge on any atom is 0.334 e. The summed E-state index contributed by atoms with van der Waals surface area (Å²) in [5.74, 6) is 0.0899. The van der Waals surface area contributed by atoms with Crippen molar-refractivity contribution in [2.24, 2.45) is 7.05 Å². The molecule has 37 heavy (non-hydrogen) atoms. The molecule has 2 aliphatic heterocycles. The minimum Gasteiger partial charge on any atom is -0.368 e. The number of hydrogen-bond donors (Lipinski definition) is 1. The molecule has 2 aromatic carbocycles. The van der Waals surface area contributed by atoms with Gasteiger partial charge < -0.3 is 15.1 Å². The van der Waals surface area contributed by atoms with Crippen LogP contribution in [0.3, 0.4) is 0 Å². The molecule has 192 valence electrons. The van der Waals surface area contributed by atoms with Crippen LogP contribution in [0.5, 0.6) is 0 Å². The van der Waals surface area contributed by atoms with Gasteiger partial charge >= 0.3 is 5.69 Å². The second-order valence-electron chi connectivity index (χ2n) is 10.1. The van der Waals surface area contributed by atoms with Gasteiger partial charge in [0.2, 0.25) is 0 Å². The van der Waals surface area contributed by atoms with Gasteiger partial charge in [0.1, 0.15) is 0 Å². The van der Waals surface area contributed by atoms with Crippen LogP contribution in [-0.2, 0) is 7.05 Å². The molecule has 0 unspecified atom stereocenters. The molecule has 1 N–H and O–H groups in total. The number of nitrogens with one attached hydrogen (secondary N) is 1. The van der Waals surface area contributed by atoms with Crippen LogP contribution in [0.2, 0.25) is 0 Å². The SMILES string of the molecule is CC(=O)c1ccc(N2CCN(c3ccc4c(c3)n(C3CCNCC3)c(=O)n4-c3cnn(C)c3)CC2)cc1. The van der Waals surface area contributed by atoms with Crippen LogP contribution in [0.15, 0.2) is 59.7 Å². The number of ketones is 1. The number of nitrogens with zero attached hydrogens (tertiary/aromatic N) is 6. The molecule has 4 heterocycles. The standard InChI is InChI=1S/C28H33N7O2/c1-20(36)21-3-5-22(6-4-21)32-13-15-33(16-14-32)24-7-8-26-27(17-24)34(23-9-11-29-12-10-23)28(37)35(26)25-18-30-31(2)19-25/h3-8,17-19,23,29H,9-16H2,1-2H3. The van der Waals surface area contributed by atoms with Gasteiger partial charge in [0, 0.05) is 62.4 Å². The van der Waals surface area contributed by atoms with Crippen molar-refractivity contribution in [2.75, 3.05) is 49.1 Å². The third-order valence-corrected chi connectivity index (χ3v) is 7.76. The first kappa shape index (κ1) is 23.5. The number of piperidine rings is 1. The first-order chi connectivity index (χ1) is 18.0. The Morgan fingerprint density at radius 2 is 1.54 bits per heavy atom. The number of benzene rings is 2. The fourth-order valence-corrected chi connectivity index (χ4v) is 5.73. The van der Waals surface area contributed by atoms with Gasteiger partial charge in [-0.2, -0.15) is 5.10 Å². The van der Waals surface area contributed by atoms with Crippen LogP contribution in [0.25, 0.3) is 16.7 Å². The van der Waals surface area contributed by atoms with Crippen molar-refractivity contribution >= 4 is 28.2 Å². The van der Waals surface area contributed by atoms with E-state index in [0.29, 0.717) is 0 Å². The molecule has 4 aromatic rings. The summed E-state index contributed by atoms with van der Waals surface area (Å²) in [6.07, 6.45) is 5.53. The molecule has 0 spiro atoms. The zero-order valence-corrected chi connectivity index (χ0v) is 21.4. The van der Waals surface area contributed by atoms with E-state index in [9.17, 15) is 9.59 Å². The van der Waals surface area contributed by atoms with Crippen LogP contribution >= 0.6 is 0 Å². The number of carbonyl (C=O) groups excluding carboxylic acids is 1. The number of aromatic nitrogens is 4. The molecule has 0 aliphatic carbocycles. The van der Waals surface area contributed by atoms with Crippen LogP contribution in [0.1, 0.15) is 36.2 Å². The van der Waals surface area contributed by atoms with Crippen molar-refractivity contribution in [3.63, 3.8) is 0 Å². The summed E-state index contributed by atoms with van der Waals surface area (Å²) < 4.78 is 5.55. The number of rotatable bonds is 5. The minimum atomic E-state index is 0.00544. The monoisotopic (exact) mass is 499 g/mol. The number of imidazole rings is 1. The fraction of sp³-hybridized carbons (Fsp3) is 0.393. The van der Waals surface area contributed by atoms with Crippen molar-refractivity contribution in [3.8, 4) is 5.69 Å². The summed E-state index contributed by atoms with van der Waals surface area (Å²) in [4.78, 5) is 30.1. The molecule has 0 atom stereocenters. The van der Waals surface area contributed by atoms with Crippen molar-refractivity contribution in [1.29, 1.82) is 0 Å². The van der Waals surface area contributed by atoms with E-state index in [4.69, 9.17) is 0 Å². The molecule has 2 aromatic heterocycles. The smallest absolute Gasteiger partial charge is 0.334 e. The fourth-order valence-electron chi connectivity index (χ4n) is 5.73. The zero-order valence-electron chi connectivity index (χ0n) is 21.4. The molecule has 9 nitrogen and oxygen atoms in total. The van der Waals surface area contributed by atoms with Crippen LogP contribution in [0, 0.1) is 0 Å². The maximum absolute atomic E-state index is 13.8. The van der Waals surface area contributed by atoms with Crippen molar-refractivity contribution in [3.05, 3.63) is 70.9 Å². The van der Waals surface area contributed by atoms with E-state index in [1.807, 2.05) is 42.1 Å². The van der Waals surface area contributed by atoms with Crippen molar-refractivity contribution < 1.29 is 4.79 Å². The number of hydrogen-bond acceptors (Lipinski definition) is 6. The summed E-state index contributed by atoms with van der Waals surface area (Å²) >= 11 is 0. The van der Waals surface area contributed by atoms with Gasteiger partial charge in [0.15, 0.2) is 5.78 Å². The third-order valence-electron chi connectivity index (χ3n) is 7.76. The second-order valence-corrected chi connectivity index (χ2v) is 10.1. The van der Waals surface area contributed by atoms with Crippen LogP contribution < -0.4 is 20.8 Å². The van der Waals surface area contributed by atoms with Gasteiger partial charge in [0.25, 0.3) is 0 Å². The average molecular weight is 500 g/mol. The molecule has 0 saturated carbocycles. The molecule has 2 aliphatic rings. The number of piperazine rings is 1. The third kappa shape index (κ3) is 4.33. The van der Waals surface area contributed by atoms with Gasteiger partial charge in [0.05, 0.1) is 22.9 Å². The molecule has 0 bridgehead atoms. The van der Waals surface area contributed by atoms with Gasteiger partial charge in [-0.25, -0.2) is 4.79 Å². The summed E-state index contributed by atoms with van der Waals surface area (Å²) in [6, 6.07) is 14.5. The highest BCUT2D eigenvalue weighted by Gasteiger charge is 2.25. The van der Waals surface area contributed by atoms with E-state index < -0.39 is 0 Å². The molecular weight excluding hydrogens is 466 g/mol. The highest BCUT2D eigenvalue weighted by molar-refractivity contribution is 5.94. The normalized spacial score (nSPS) is 17.0. The molecule has 0 amide bonds. The lowest BCUT2D eigenvalue weighted by Gasteiger charge is -2.37. The summed E-state index contributed by atoms with van der Waals surface area (Å²) in [6.45, 7) is 7.02. The number of fused-ring (bicyclic) bond motifs is 1. The van der Waals surface area contributed by atoms with E-state index in [-0.39, 0.29) is 17.5 Å². The topological polar surface area (TPSA) is 80.3 Å². The van der Waals surface area contributed by atoms with Crippen LogP contribution in [-0.4, -0.2) is 64.0 Å². The Morgan fingerprint density at radius 3 is 2.16 bits per heavy atom. The minimum absolute atomic E-state index is 0.00544. The van der Waals surface area contributed by atoms with E-state index in [0.717, 1.165) is 85.8 Å². The molecular formula is C28H33N7O2. The second kappa shape index (κ2) is 9.55. The lowest BCUT2D eigenvalue weighted by molar-refractivity contribution is 0.101. The first-order valence-corrected chi connectivity index (χ1v) is 13.1. The Morgan fingerprint density at radius 1 is 0.892 bits per heavy atom. The molecule has 9 heteroatoms. The molecule has 6 rings (SSSR count). The lowest BCUT2D eigenvalue weighted by atomic mass is 10.1.